The highest BCUT2D eigenvalue weighted by molar-refractivity contribution is 6.22. The van der Waals surface area contributed by atoms with E-state index in [-0.39, 0.29) is 24.3 Å². The van der Waals surface area contributed by atoms with Crippen molar-refractivity contribution in [3.05, 3.63) is 24.3 Å². The molecule has 0 aromatic heterocycles. The van der Waals surface area contributed by atoms with E-state index in [0.29, 0.717) is 24.1 Å². The molecular formula is C19H26N2O3. The Morgan fingerprint density at radius 3 is 2.29 bits per heavy atom. The summed E-state index contributed by atoms with van der Waals surface area (Å²) in [4.78, 5) is 28.9. The smallest absolute Gasteiger partial charge is 0.251 e. The Hall–Kier alpha value is -1.88. The van der Waals surface area contributed by atoms with Gasteiger partial charge < -0.3 is 4.74 Å². The van der Waals surface area contributed by atoms with E-state index in [1.807, 2.05) is 6.92 Å². The summed E-state index contributed by atoms with van der Waals surface area (Å²) in [5, 5.41) is 0. The van der Waals surface area contributed by atoms with Gasteiger partial charge in [-0.05, 0) is 49.4 Å². The van der Waals surface area contributed by atoms with Crippen molar-refractivity contribution in [2.24, 2.45) is 11.8 Å². The van der Waals surface area contributed by atoms with Gasteiger partial charge in [0.05, 0.1) is 24.8 Å². The highest BCUT2D eigenvalue weighted by Crippen LogP contribution is 2.30. The number of rotatable bonds is 4. The van der Waals surface area contributed by atoms with Crippen LogP contribution in [0.1, 0.15) is 33.6 Å². The number of carbonyl (C=O) groups excluding carboxylic acids is 2. The van der Waals surface area contributed by atoms with E-state index in [1.54, 1.807) is 24.3 Å². The average molecular weight is 330 g/mol. The predicted octanol–water partition coefficient (Wildman–Crippen LogP) is 2.70. The van der Waals surface area contributed by atoms with Crippen molar-refractivity contribution >= 4 is 17.5 Å². The highest BCUT2D eigenvalue weighted by Gasteiger charge is 2.44. The number of likely N-dealkylation sites (tertiary alicyclic amines) is 1. The molecule has 130 valence electrons. The summed E-state index contributed by atoms with van der Waals surface area (Å²) in [6, 6.07) is 6.86. The van der Waals surface area contributed by atoms with E-state index in [0.717, 1.165) is 18.8 Å². The third-order valence-corrected chi connectivity index (χ3v) is 4.87. The van der Waals surface area contributed by atoms with E-state index in [1.165, 1.54) is 11.3 Å². The monoisotopic (exact) mass is 330 g/mol. The molecule has 2 fully saturated rings. The van der Waals surface area contributed by atoms with Crippen LogP contribution in [0, 0.1) is 11.8 Å². The summed E-state index contributed by atoms with van der Waals surface area (Å²) >= 11 is 0. The Morgan fingerprint density at radius 2 is 1.71 bits per heavy atom. The minimum Gasteiger partial charge on any atom is -0.494 e. The summed E-state index contributed by atoms with van der Waals surface area (Å²) in [5.41, 5.74) is 0.633. The largest absolute Gasteiger partial charge is 0.494 e. The fourth-order valence-corrected chi connectivity index (χ4v) is 4.00. The number of amides is 2. The molecule has 3 atom stereocenters. The molecule has 3 rings (SSSR count). The molecule has 2 amide bonds. The first-order valence-corrected chi connectivity index (χ1v) is 8.83. The molecule has 2 heterocycles. The SMILES string of the molecule is CCOc1ccc(N2C(=O)C[C@H](N3C[C@@H](C)C[C@H](C)C3)C2=O)cc1. The molecule has 0 spiro atoms. The van der Waals surface area contributed by atoms with Crippen molar-refractivity contribution in [1.29, 1.82) is 0 Å². The zero-order chi connectivity index (χ0) is 17.3. The molecule has 0 unspecified atom stereocenters. The van der Waals surface area contributed by atoms with Crippen molar-refractivity contribution in [1.82, 2.24) is 4.90 Å². The van der Waals surface area contributed by atoms with Crippen LogP contribution < -0.4 is 9.64 Å². The van der Waals surface area contributed by atoms with Crippen molar-refractivity contribution in [3.63, 3.8) is 0 Å². The van der Waals surface area contributed by atoms with Crippen LogP contribution in [0.5, 0.6) is 5.75 Å². The first-order chi connectivity index (χ1) is 11.5. The van der Waals surface area contributed by atoms with Crippen LogP contribution >= 0.6 is 0 Å². The minimum atomic E-state index is -0.311. The van der Waals surface area contributed by atoms with Crippen LogP contribution in [0.15, 0.2) is 24.3 Å². The van der Waals surface area contributed by atoms with Gasteiger partial charge in [0.15, 0.2) is 0 Å². The van der Waals surface area contributed by atoms with Crippen LogP contribution in [-0.4, -0.2) is 42.5 Å². The Bertz CT molecular complexity index is 604. The zero-order valence-corrected chi connectivity index (χ0v) is 14.7. The first-order valence-electron chi connectivity index (χ1n) is 8.83. The van der Waals surface area contributed by atoms with E-state index < -0.39 is 0 Å². The van der Waals surface area contributed by atoms with Gasteiger partial charge in [-0.1, -0.05) is 13.8 Å². The Balaban J connectivity index is 1.76. The van der Waals surface area contributed by atoms with Crippen molar-refractivity contribution in [3.8, 4) is 5.75 Å². The number of benzene rings is 1. The normalized spacial score (nSPS) is 28.5. The molecule has 0 bridgehead atoms. The molecule has 2 saturated heterocycles. The summed E-state index contributed by atoms with van der Waals surface area (Å²) in [7, 11) is 0. The number of ether oxygens (including phenoxy) is 1. The van der Waals surface area contributed by atoms with Gasteiger partial charge in [-0.2, -0.15) is 0 Å². The summed E-state index contributed by atoms with van der Waals surface area (Å²) < 4.78 is 5.42. The van der Waals surface area contributed by atoms with E-state index in [2.05, 4.69) is 18.7 Å². The summed E-state index contributed by atoms with van der Waals surface area (Å²) in [6.45, 7) is 8.74. The molecule has 0 N–H and O–H groups in total. The molecule has 2 aliphatic rings. The number of hydrogen-bond acceptors (Lipinski definition) is 4. The lowest BCUT2D eigenvalue weighted by atomic mass is 9.90. The molecule has 0 aliphatic carbocycles. The number of imide groups is 1. The zero-order valence-electron chi connectivity index (χ0n) is 14.7. The fourth-order valence-electron chi connectivity index (χ4n) is 4.00. The molecule has 5 heteroatoms. The second kappa shape index (κ2) is 6.93. The highest BCUT2D eigenvalue weighted by atomic mass is 16.5. The second-order valence-corrected chi connectivity index (χ2v) is 7.11. The van der Waals surface area contributed by atoms with Crippen LogP contribution in [0.3, 0.4) is 0 Å². The van der Waals surface area contributed by atoms with Gasteiger partial charge in [0.25, 0.3) is 5.91 Å². The van der Waals surface area contributed by atoms with E-state index in [9.17, 15) is 9.59 Å². The third kappa shape index (κ3) is 3.31. The third-order valence-electron chi connectivity index (χ3n) is 4.87. The molecule has 2 aliphatic heterocycles. The molecule has 24 heavy (non-hydrogen) atoms. The molecule has 5 nitrogen and oxygen atoms in total. The number of hydrogen-bond donors (Lipinski definition) is 0. The maximum atomic E-state index is 12.9. The van der Waals surface area contributed by atoms with Crippen molar-refractivity contribution in [2.45, 2.75) is 39.7 Å². The number of nitrogens with zero attached hydrogens (tertiary/aromatic N) is 2. The topological polar surface area (TPSA) is 49.9 Å². The van der Waals surface area contributed by atoms with Crippen LogP contribution in [0.2, 0.25) is 0 Å². The molecular weight excluding hydrogens is 304 g/mol. The first kappa shape index (κ1) is 17.0. The Morgan fingerprint density at radius 1 is 1.08 bits per heavy atom. The summed E-state index contributed by atoms with van der Waals surface area (Å²) in [6.07, 6.45) is 1.47. The van der Waals surface area contributed by atoms with Gasteiger partial charge in [0.2, 0.25) is 5.91 Å². The molecule has 0 radical (unpaired) electrons. The quantitative estimate of drug-likeness (QED) is 0.797. The van der Waals surface area contributed by atoms with Crippen molar-refractivity contribution in [2.75, 3.05) is 24.6 Å². The van der Waals surface area contributed by atoms with E-state index in [4.69, 9.17) is 4.74 Å². The maximum absolute atomic E-state index is 12.9. The Labute approximate surface area is 143 Å². The van der Waals surface area contributed by atoms with Crippen LogP contribution in [-0.2, 0) is 9.59 Å². The lowest BCUT2D eigenvalue weighted by Crippen LogP contribution is -2.48. The maximum Gasteiger partial charge on any atom is 0.251 e. The molecule has 1 aromatic carbocycles. The van der Waals surface area contributed by atoms with Gasteiger partial charge in [0, 0.05) is 13.1 Å². The number of carbonyl (C=O) groups is 2. The van der Waals surface area contributed by atoms with Gasteiger partial charge in [-0.15, -0.1) is 0 Å². The molecule has 1 aromatic rings. The van der Waals surface area contributed by atoms with Gasteiger partial charge in [-0.25, -0.2) is 4.90 Å². The van der Waals surface area contributed by atoms with Gasteiger partial charge in [-0.3, -0.25) is 14.5 Å². The minimum absolute atomic E-state index is 0.0922. The average Bonchev–Trinajstić information content (AvgIpc) is 2.83. The molecule has 0 saturated carbocycles. The Kier molecular flexibility index (Phi) is 4.90. The standard InChI is InChI=1S/C19H26N2O3/c1-4-24-16-7-5-15(6-8-16)21-18(22)10-17(19(21)23)20-11-13(2)9-14(3)12-20/h5-8,13-14,17H,4,9-12H2,1-3H3/t13-,14-,17-/m0/s1. The lowest BCUT2D eigenvalue weighted by molar-refractivity contribution is -0.123. The summed E-state index contributed by atoms with van der Waals surface area (Å²) in [5.74, 6) is 1.67. The fraction of sp³-hybridized carbons (Fsp3) is 0.579. The van der Waals surface area contributed by atoms with Crippen molar-refractivity contribution < 1.29 is 14.3 Å². The predicted molar refractivity (Wildman–Crippen MR) is 93.0 cm³/mol. The lowest BCUT2D eigenvalue weighted by Gasteiger charge is -2.37. The van der Waals surface area contributed by atoms with Gasteiger partial charge in [0.1, 0.15) is 5.75 Å². The number of piperidine rings is 1. The van der Waals surface area contributed by atoms with E-state index >= 15 is 0 Å². The second-order valence-electron chi connectivity index (χ2n) is 7.11. The van der Waals surface area contributed by atoms with Crippen LogP contribution in [0.4, 0.5) is 5.69 Å². The number of anilines is 1. The van der Waals surface area contributed by atoms with Gasteiger partial charge >= 0.3 is 0 Å². The van der Waals surface area contributed by atoms with Crippen LogP contribution in [0.25, 0.3) is 0 Å².